The fourth-order valence-corrected chi connectivity index (χ4v) is 1.85. The Balaban J connectivity index is 2.18. The SMILES string of the molecule is Cc1ccc(NC(C)c2cc(F)ccc2O)cc1. The highest BCUT2D eigenvalue weighted by atomic mass is 19.1. The summed E-state index contributed by atoms with van der Waals surface area (Å²) in [5.41, 5.74) is 2.68. The lowest BCUT2D eigenvalue weighted by Gasteiger charge is -2.17. The fourth-order valence-electron chi connectivity index (χ4n) is 1.85. The number of benzene rings is 2. The zero-order chi connectivity index (χ0) is 13.1. The topological polar surface area (TPSA) is 32.3 Å². The van der Waals surface area contributed by atoms with E-state index >= 15 is 0 Å². The predicted octanol–water partition coefficient (Wildman–Crippen LogP) is 4.01. The van der Waals surface area contributed by atoms with Crippen LogP contribution in [0.3, 0.4) is 0 Å². The van der Waals surface area contributed by atoms with Crippen LogP contribution in [0.4, 0.5) is 10.1 Å². The van der Waals surface area contributed by atoms with E-state index < -0.39 is 0 Å². The lowest BCUT2D eigenvalue weighted by Crippen LogP contribution is -2.07. The Hall–Kier alpha value is -2.03. The second kappa shape index (κ2) is 5.08. The second-order valence-electron chi connectivity index (χ2n) is 4.44. The van der Waals surface area contributed by atoms with Gasteiger partial charge in [0.25, 0.3) is 0 Å². The van der Waals surface area contributed by atoms with Gasteiger partial charge in [-0.15, -0.1) is 0 Å². The summed E-state index contributed by atoms with van der Waals surface area (Å²) in [6, 6.07) is 11.7. The van der Waals surface area contributed by atoms with Crippen molar-refractivity contribution in [3.05, 3.63) is 59.4 Å². The first-order valence-electron chi connectivity index (χ1n) is 5.88. The van der Waals surface area contributed by atoms with Crippen LogP contribution in [0.5, 0.6) is 5.75 Å². The lowest BCUT2D eigenvalue weighted by molar-refractivity contribution is 0.462. The molecule has 18 heavy (non-hydrogen) atoms. The molecule has 0 aliphatic carbocycles. The number of aromatic hydroxyl groups is 1. The summed E-state index contributed by atoms with van der Waals surface area (Å²) >= 11 is 0. The molecule has 2 aromatic carbocycles. The van der Waals surface area contributed by atoms with Crippen molar-refractivity contribution in [1.82, 2.24) is 0 Å². The summed E-state index contributed by atoms with van der Waals surface area (Å²) in [5.74, 6) is -0.246. The fraction of sp³-hybridized carbons (Fsp3) is 0.200. The molecule has 0 radical (unpaired) electrons. The third kappa shape index (κ3) is 2.80. The number of phenolic OH excluding ortho intramolecular Hbond substituents is 1. The van der Waals surface area contributed by atoms with E-state index in [0.717, 1.165) is 5.69 Å². The standard InChI is InChI=1S/C15H16FNO/c1-10-3-6-13(7-4-10)17-11(2)14-9-12(16)5-8-15(14)18/h3-9,11,17-18H,1-2H3. The van der Waals surface area contributed by atoms with Gasteiger partial charge in [0.15, 0.2) is 0 Å². The summed E-state index contributed by atoms with van der Waals surface area (Å²) in [5, 5.41) is 12.9. The summed E-state index contributed by atoms with van der Waals surface area (Å²) in [6.07, 6.45) is 0. The number of anilines is 1. The van der Waals surface area contributed by atoms with Crippen molar-refractivity contribution in [3.63, 3.8) is 0 Å². The predicted molar refractivity (Wildman–Crippen MR) is 71.3 cm³/mol. The van der Waals surface area contributed by atoms with Crippen molar-refractivity contribution in [1.29, 1.82) is 0 Å². The van der Waals surface area contributed by atoms with Gasteiger partial charge in [-0.1, -0.05) is 17.7 Å². The van der Waals surface area contributed by atoms with Crippen LogP contribution in [-0.4, -0.2) is 5.11 Å². The minimum atomic E-state index is -0.347. The average molecular weight is 245 g/mol. The second-order valence-corrected chi connectivity index (χ2v) is 4.44. The van der Waals surface area contributed by atoms with Crippen LogP contribution in [-0.2, 0) is 0 Å². The van der Waals surface area contributed by atoms with E-state index in [0.29, 0.717) is 5.56 Å². The smallest absolute Gasteiger partial charge is 0.123 e. The molecule has 0 spiro atoms. The van der Waals surface area contributed by atoms with Crippen molar-refractivity contribution in [3.8, 4) is 5.75 Å². The maximum absolute atomic E-state index is 13.2. The van der Waals surface area contributed by atoms with Crippen molar-refractivity contribution in [2.45, 2.75) is 19.9 Å². The van der Waals surface area contributed by atoms with E-state index in [2.05, 4.69) is 5.32 Å². The van der Waals surface area contributed by atoms with E-state index in [9.17, 15) is 9.50 Å². The molecule has 2 rings (SSSR count). The average Bonchev–Trinajstić information content (AvgIpc) is 2.35. The first kappa shape index (κ1) is 12.4. The Morgan fingerprint density at radius 3 is 2.44 bits per heavy atom. The molecule has 3 heteroatoms. The quantitative estimate of drug-likeness (QED) is 0.856. The van der Waals surface area contributed by atoms with Gasteiger partial charge in [0, 0.05) is 11.3 Å². The van der Waals surface area contributed by atoms with Gasteiger partial charge in [-0.2, -0.15) is 0 Å². The van der Waals surface area contributed by atoms with Crippen molar-refractivity contribution in [2.75, 3.05) is 5.32 Å². The Labute approximate surface area is 106 Å². The van der Waals surface area contributed by atoms with E-state index in [1.807, 2.05) is 38.1 Å². The van der Waals surface area contributed by atoms with Crippen molar-refractivity contribution < 1.29 is 9.50 Å². The number of nitrogens with one attached hydrogen (secondary N) is 1. The summed E-state index contributed by atoms with van der Waals surface area (Å²) in [6.45, 7) is 3.90. The molecule has 94 valence electrons. The highest BCUT2D eigenvalue weighted by molar-refractivity contribution is 5.48. The van der Waals surface area contributed by atoms with Gasteiger partial charge >= 0.3 is 0 Å². The van der Waals surface area contributed by atoms with Gasteiger partial charge in [-0.05, 0) is 44.2 Å². The molecule has 0 amide bonds. The highest BCUT2D eigenvalue weighted by Crippen LogP contribution is 2.27. The van der Waals surface area contributed by atoms with E-state index in [-0.39, 0.29) is 17.6 Å². The third-order valence-electron chi connectivity index (χ3n) is 2.89. The molecule has 0 heterocycles. The van der Waals surface area contributed by atoms with Gasteiger partial charge in [-0.3, -0.25) is 0 Å². The number of aryl methyl sites for hydroxylation is 1. The number of halogens is 1. The Morgan fingerprint density at radius 1 is 1.11 bits per heavy atom. The summed E-state index contributed by atoms with van der Waals surface area (Å²) in [4.78, 5) is 0. The van der Waals surface area contributed by atoms with Gasteiger partial charge in [-0.25, -0.2) is 4.39 Å². The minimum Gasteiger partial charge on any atom is -0.508 e. The van der Waals surface area contributed by atoms with Crippen LogP contribution in [0.15, 0.2) is 42.5 Å². The molecule has 0 bridgehead atoms. The lowest BCUT2D eigenvalue weighted by atomic mass is 10.1. The molecule has 2 N–H and O–H groups in total. The highest BCUT2D eigenvalue weighted by Gasteiger charge is 2.11. The number of rotatable bonds is 3. The first-order valence-corrected chi connectivity index (χ1v) is 5.88. The molecule has 0 saturated carbocycles. The molecule has 1 atom stereocenters. The Bertz CT molecular complexity index is 537. The largest absolute Gasteiger partial charge is 0.508 e. The molecule has 2 aromatic rings. The molecule has 0 aliphatic heterocycles. The third-order valence-corrected chi connectivity index (χ3v) is 2.89. The molecule has 0 aromatic heterocycles. The molecule has 1 unspecified atom stereocenters. The first-order chi connectivity index (χ1) is 8.56. The Kier molecular flexibility index (Phi) is 3.51. The molecule has 2 nitrogen and oxygen atoms in total. The van der Waals surface area contributed by atoms with Crippen LogP contribution in [0.25, 0.3) is 0 Å². The van der Waals surface area contributed by atoms with E-state index in [4.69, 9.17) is 0 Å². The monoisotopic (exact) mass is 245 g/mol. The van der Waals surface area contributed by atoms with Gasteiger partial charge in [0.2, 0.25) is 0 Å². The van der Waals surface area contributed by atoms with E-state index in [1.165, 1.54) is 23.8 Å². The summed E-state index contributed by atoms with van der Waals surface area (Å²) < 4.78 is 13.2. The maximum Gasteiger partial charge on any atom is 0.123 e. The zero-order valence-corrected chi connectivity index (χ0v) is 10.4. The molecule has 0 aliphatic rings. The van der Waals surface area contributed by atoms with E-state index in [1.54, 1.807) is 0 Å². The van der Waals surface area contributed by atoms with Crippen LogP contribution in [0.1, 0.15) is 24.1 Å². The molecule has 0 fully saturated rings. The maximum atomic E-state index is 13.2. The van der Waals surface area contributed by atoms with Crippen LogP contribution in [0.2, 0.25) is 0 Å². The van der Waals surface area contributed by atoms with Gasteiger partial charge in [0.1, 0.15) is 11.6 Å². The summed E-state index contributed by atoms with van der Waals surface area (Å²) in [7, 11) is 0. The van der Waals surface area contributed by atoms with Crippen molar-refractivity contribution >= 4 is 5.69 Å². The normalized spacial score (nSPS) is 12.2. The number of hydrogen-bond donors (Lipinski definition) is 2. The zero-order valence-electron chi connectivity index (χ0n) is 10.4. The number of hydrogen-bond acceptors (Lipinski definition) is 2. The van der Waals surface area contributed by atoms with Gasteiger partial charge in [0.05, 0.1) is 6.04 Å². The van der Waals surface area contributed by atoms with Crippen LogP contribution in [0, 0.1) is 12.7 Å². The van der Waals surface area contributed by atoms with Crippen molar-refractivity contribution in [2.24, 2.45) is 0 Å². The number of phenols is 1. The minimum absolute atomic E-state index is 0.100. The van der Waals surface area contributed by atoms with Gasteiger partial charge < -0.3 is 10.4 Å². The van der Waals surface area contributed by atoms with Crippen LogP contribution >= 0.6 is 0 Å². The molecular formula is C15H16FNO. The Morgan fingerprint density at radius 2 is 1.78 bits per heavy atom. The molecule has 0 saturated heterocycles. The molecular weight excluding hydrogens is 229 g/mol. The van der Waals surface area contributed by atoms with Crippen LogP contribution < -0.4 is 5.32 Å².